The Labute approximate surface area is 170 Å². The number of nitrogens with zero attached hydrogens (tertiary/aromatic N) is 2. The quantitative estimate of drug-likeness (QED) is 0.638. The molecule has 0 atom stereocenters. The largest absolute Gasteiger partial charge is 0.380 e. The van der Waals surface area contributed by atoms with Gasteiger partial charge in [0.1, 0.15) is 5.82 Å². The van der Waals surface area contributed by atoms with Gasteiger partial charge >= 0.3 is 0 Å². The van der Waals surface area contributed by atoms with Crippen LogP contribution >= 0.6 is 0 Å². The molecule has 1 aliphatic rings. The van der Waals surface area contributed by atoms with Crippen molar-refractivity contribution in [1.29, 1.82) is 0 Å². The molecular formula is C24H26FN3O. The number of anilines is 1. The van der Waals surface area contributed by atoms with Crippen molar-refractivity contribution in [3.63, 3.8) is 0 Å². The molecule has 0 saturated carbocycles. The summed E-state index contributed by atoms with van der Waals surface area (Å²) in [6.45, 7) is 6.41. The van der Waals surface area contributed by atoms with E-state index in [1.807, 2.05) is 4.90 Å². The molecule has 1 fully saturated rings. The van der Waals surface area contributed by atoms with E-state index < -0.39 is 0 Å². The maximum atomic E-state index is 14.0. The molecule has 1 amide bonds. The number of likely N-dealkylation sites (tertiary alicyclic amines) is 1. The van der Waals surface area contributed by atoms with E-state index in [4.69, 9.17) is 0 Å². The van der Waals surface area contributed by atoms with E-state index in [0.29, 0.717) is 34.6 Å². The minimum Gasteiger partial charge on any atom is -0.380 e. The molecule has 29 heavy (non-hydrogen) atoms. The fourth-order valence-electron chi connectivity index (χ4n) is 3.82. The van der Waals surface area contributed by atoms with Gasteiger partial charge in [-0.15, -0.1) is 0 Å². The fourth-order valence-corrected chi connectivity index (χ4v) is 3.82. The average Bonchev–Trinajstić information content (AvgIpc) is 3.26. The number of aromatic nitrogens is 1. The zero-order chi connectivity index (χ0) is 20.4. The number of rotatable bonds is 5. The summed E-state index contributed by atoms with van der Waals surface area (Å²) in [7, 11) is 0. The second-order valence-electron chi connectivity index (χ2n) is 7.96. The zero-order valence-electron chi connectivity index (χ0n) is 16.9. The minimum absolute atomic E-state index is 0.0428. The monoisotopic (exact) mass is 391 g/mol. The molecule has 4 rings (SSSR count). The average molecular weight is 391 g/mol. The molecule has 0 unspecified atom stereocenters. The van der Waals surface area contributed by atoms with E-state index in [9.17, 15) is 9.18 Å². The SMILES string of the molecule is CC(C)c1ccc(CNc2c(C(=O)N3CCCC3)cnc3ccc(F)cc23)cc1. The van der Waals surface area contributed by atoms with Crippen molar-refractivity contribution in [2.75, 3.05) is 18.4 Å². The highest BCUT2D eigenvalue weighted by molar-refractivity contribution is 6.07. The minimum atomic E-state index is -0.339. The van der Waals surface area contributed by atoms with Gasteiger partial charge in [0.05, 0.1) is 16.8 Å². The Hall–Kier alpha value is -2.95. The van der Waals surface area contributed by atoms with Gasteiger partial charge in [-0.25, -0.2) is 4.39 Å². The molecule has 0 aliphatic carbocycles. The molecule has 0 radical (unpaired) electrons. The van der Waals surface area contributed by atoms with Gasteiger partial charge in [0.2, 0.25) is 0 Å². The second-order valence-corrected chi connectivity index (χ2v) is 7.96. The molecular weight excluding hydrogens is 365 g/mol. The molecule has 1 aliphatic heterocycles. The van der Waals surface area contributed by atoms with Crippen molar-refractivity contribution < 1.29 is 9.18 Å². The fraction of sp³-hybridized carbons (Fsp3) is 0.333. The number of hydrogen-bond donors (Lipinski definition) is 1. The highest BCUT2D eigenvalue weighted by Gasteiger charge is 2.23. The third-order valence-corrected chi connectivity index (χ3v) is 5.57. The summed E-state index contributed by atoms with van der Waals surface area (Å²) in [5.41, 5.74) is 4.22. The molecule has 0 spiro atoms. The van der Waals surface area contributed by atoms with Crippen LogP contribution in [0.3, 0.4) is 0 Å². The van der Waals surface area contributed by atoms with Crippen LogP contribution in [0.5, 0.6) is 0 Å². The maximum absolute atomic E-state index is 14.0. The lowest BCUT2D eigenvalue weighted by atomic mass is 10.0. The van der Waals surface area contributed by atoms with Crippen LogP contribution < -0.4 is 5.32 Å². The Bertz CT molecular complexity index is 1020. The van der Waals surface area contributed by atoms with E-state index in [2.05, 4.69) is 48.4 Å². The topological polar surface area (TPSA) is 45.2 Å². The van der Waals surface area contributed by atoms with Gasteiger partial charge in [-0.3, -0.25) is 9.78 Å². The maximum Gasteiger partial charge on any atom is 0.257 e. The Morgan fingerprint density at radius 2 is 1.86 bits per heavy atom. The summed E-state index contributed by atoms with van der Waals surface area (Å²) < 4.78 is 14.0. The van der Waals surface area contributed by atoms with E-state index in [0.717, 1.165) is 31.5 Å². The lowest BCUT2D eigenvalue weighted by Gasteiger charge is -2.19. The number of amides is 1. The number of carbonyl (C=O) groups is 1. The Morgan fingerprint density at radius 1 is 1.14 bits per heavy atom. The Kier molecular flexibility index (Phi) is 5.47. The molecule has 0 bridgehead atoms. The number of nitrogens with one attached hydrogen (secondary N) is 1. The lowest BCUT2D eigenvalue weighted by Crippen LogP contribution is -2.28. The van der Waals surface area contributed by atoms with Crippen molar-refractivity contribution in [3.05, 3.63) is 71.2 Å². The number of hydrogen-bond acceptors (Lipinski definition) is 3. The molecule has 1 N–H and O–H groups in total. The van der Waals surface area contributed by atoms with Crippen LogP contribution in [-0.4, -0.2) is 28.9 Å². The molecule has 4 nitrogen and oxygen atoms in total. The number of benzene rings is 2. The summed E-state index contributed by atoms with van der Waals surface area (Å²) in [6.07, 6.45) is 3.66. The van der Waals surface area contributed by atoms with Gasteiger partial charge in [0, 0.05) is 31.2 Å². The Morgan fingerprint density at radius 3 is 2.55 bits per heavy atom. The van der Waals surface area contributed by atoms with E-state index >= 15 is 0 Å². The van der Waals surface area contributed by atoms with Crippen LogP contribution in [-0.2, 0) is 6.54 Å². The van der Waals surface area contributed by atoms with E-state index in [1.165, 1.54) is 17.7 Å². The summed E-state index contributed by atoms with van der Waals surface area (Å²) in [5, 5.41) is 4.03. The van der Waals surface area contributed by atoms with Crippen LogP contribution in [0.25, 0.3) is 10.9 Å². The number of fused-ring (bicyclic) bond motifs is 1. The standard InChI is InChI=1S/C24H26FN3O/c1-16(2)18-7-5-17(6-8-18)14-27-23-20-13-19(25)9-10-22(20)26-15-21(23)24(29)28-11-3-4-12-28/h5-10,13,15-16H,3-4,11-12,14H2,1-2H3,(H,26,27). The van der Waals surface area contributed by atoms with Gasteiger partial charge < -0.3 is 10.2 Å². The first kappa shape index (κ1) is 19.4. The van der Waals surface area contributed by atoms with Crippen molar-refractivity contribution in [1.82, 2.24) is 9.88 Å². The zero-order valence-corrected chi connectivity index (χ0v) is 16.9. The highest BCUT2D eigenvalue weighted by Crippen LogP contribution is 2.29. The number of halogens is 1. The predicted octanol–water partition coefficient (Wildman–Crippen LogP) is 5.35. The van der Waals surface area contributed by atoms with Gasteiger partial charge in [0.25, 0.3) is 5.91 Å². The third kappa shape index (κ3) is 4.09. The van der Waals surface area contributed by atoms with Gasteiger partial charge in [0.15, 0.2) is 0 Å². The number of carbonyl (C=O) groups excluding carboxylic acids is 1. The van der Waals surface area contributed by atoms with Crippen molar-refractivity contribution in [2.24, 2.45) is 0 Å². The van der Waals surface area contributed by atoms with Crippen molar-refractivity contribution >= 4 is 22.5 Å². The molecule has 150 valence electrons. The van der Waals surface area contributed by atoms with E-state index in [1.54, 1.807) is 12.3 Å². The smallest absolute Gasteiger partial charge is 0.257 e. The van der Waals surface area contributed by atoms with Crippen LogP contribution in [0.15, 0.2) is 48.7 Å². The van der Waals surface area contributed by atoms with Gasteiger partial charge in [-0.2, -0.15) is 0 Å². The third-order valence-electron chi connectivity index (χ3n) is 5.57. The molecule has 2 heterocycles. The normalized spacial score (nSPS) is 14.0. The summed E-state index contributed by atoms with van der Waals surface area (Å²) >= 11 is 0. The van der Waals surface area contributed by atoms with Crippen LogP contribution in [0.1, 0.15) is 54.1 Å². The number of pyridine rings is 1. The van der Waals surface area contributed by atoms with Crippen molar-refractivity contribution in [2.45, 2.75) is 39.2 Å². The molecule has 5 heteroatoms. The first-order valence-electron chi connectivity index (χ1n) is 10.2. The van der Waals surface area contributed by atoms with Crippen molar-refractivity contribution in [3.8, 4) is 0 Å². The Balaban J connectivity index is 1.68. The van der Waals surface area contributed by atoms with Crippen LogP contribution in [0.4, 0.5) is 10.1 Å². The molecule has 3 aromatic rings. The van der Waals surface area contributed by atoms with Gasteiger partial charge in [-0.05, 0) is 48.1 Å². The first-order chi connectivity index (χ1) is 14.0. The summed E-state index contributed by atoms with van der Waals surface area (Å²) in [4.78, 5) is 19.3. The van der Waals surface area contributed by atoms with Crippen LogP contribution in [0.2, 0.25) is 0 Å². The molecule has 1 aromatic heterocycles. The second kappa shape index (κ2) is 8.19. The molecule has 1 saturated heterocycles. The molecule has 2 aromatic carbocycles. The highest BCUT2D eigenvalue weighted by atomic mass is 19.1. The van der Waals surface area contributed by atoms with Gasteiger partial charge in [-0.1, -0.05) is 38.1 Å². The van der Waals surface area contributed by atoms with Crippen LogP contribution in [0, 0.1) is 5.82 Å². The summed E-state index contributed by atoms with van der Waals surface area (Å²) in [5.74, 6) is 0.0991. The summed E-state index contributed by atoms with van der Waals surface area (Å²) in [6, 6.07) is 12.9. The van der Waals surface area contributed by atoms with E-state index in [-0.39, 0.29) is 11.7 Å². The predicted molar refractivity (Wildman–Crippen MR) is 115 cm³/mol. The first-order valence-corrected chi connectivity index (χ1v) is 10.2. The lowest BCUT2D eigenvalue weighted by molar-refractivity contribution is 0.0793.